The second kappa shape index (κ2) is 12.5. The second-order valence-electron chi connectivity index (χ2n) is 10.3. The lowest BCUT2D eigenvalue weighted by Gasteiger charge is -2.52. The molecule has 4 unspecified atom stereocenters. The highest BCUT2D eigenvalue weighted by Gasteiger charge is 2.45. The lowest BCUT2D eigenvalue weighted by atomic mass is 9.53. The van der Waals surface area contributed by atoms with Crippen molar-refractivity contribution in [2.75, 3.05) is 0 Å². The molecule has 0 radical (unpaired) electrons. The first-order valence-electron chi connectivity index (χ1n) is 12.4. The van der Waals surface area contributed by atoms with Crippen molar-refractivity contribution in [3.05, 3.63) is 0 Å². The molecule has 1 fully saturated rings. The third-order valence-electron chi connectivity index (χ3n) is 7.97. The van der Waals surface area contributed by atoms with Crippen LogP contribution in [0.25, 0.3) is 0 Å². The van der Waals surface area contributed by atoms with Crippen LogP contribution >= 0.6 is 0 Å². The Hall–Kier alpha value is 0. The maximum absolute atomic E-state index is 2.56. The van der Waals surface area contributed by atoms with Gasteiger partial charge < -0.3 is 0 Å². The topological polar surface area (TPSA) is 0 Å². The van der Waals surface area contributed by atoms with Crippen molar-refractivity contribution >= 4 is 0 Å². The Morgan fingerprint density at radius 3 is 2.00 bits per heavy atom. The van der Waals surface area contributed by atoms with Gasteiger partial charge in [-0.1, -0.05) is 106 Å². The van der Waals surface area contributed by atoms with Gasteiger partial charge in [0.1, 0.15) is 0 Å². The molecule has 0 amide bonds. The van der Waals surface area contributed by atoms with E-state index in [4.69, 9.17) is 0 Å². The number of hydrogen-bond acceptors (Lipinski definition) is 0. The zero-order chi connectivity index (χ0) is 19.6. The van der Waals surface area contributed by atoms with Crippen molar-refractivity contribution in [2.24, 2.45) is 35.0 Å². The first-order valence-corrected chi connectivity index (χ1v) is 12.4. The molecule has 0 nitrogen and oxygen atoms in total. The van der Waals surface area contributed by atoms with Crippen LogP contribution in [0.2, 0.25) is 0 Å². The smallest absolute Gasteiger partial charge is 0.0264 e. The van der Waals surface area contributed by atoms with E-state index in [-0.39, 0.29) is 0 Å². The monoisotopic (exact) mass is 364 g/mol. The minimum absolute atomic E-state index is 0.722. The van der Waals surface area contributed by atoms with E-state index in [1.54, 1.807) is 0 Å². The Morgan fingerprint density at radius 1 is 0.808 bits per heavy atom. The van der Waals surface area contributed by atoms with Gasteiger partial charge in [-0.3, -0.25) is 0 Å². The Balaban J connectivity index is 2.44. The minimum atomic E-state index is 0.722. The van der Waals surface area contributed by atoms with Crippen molar-refractivity contribution in [1.82, 2.24) is 0 Å². The predicted molar refractivity (Wildman–Crippen MR) is 120 cm³/mol. The second-order valence-corrected chi connectivity index (χ2v) is 10.3. The van der Waals surface area contributed by atoms with Gasteiger partial charge in [0.2, 0.25) is 0 Å². The van der Waals surface area contributed by atoms with Crippen LogP contribution < -0.4 is 0 Å². The van der Waals surface area contributed by atoms with E-state index >= 15 is 0 Å². The van der Waals surface area contributed by atoms with E-state index in [0.717, 1.165) is 35.0 Å². The van der Waals surface area contributed by atoms with Gasteiger partial charge in [-0.2, -0.15) is 0 Å². The summed E-state index contributed by atoms with van der Waals surface area (Å²) in [6, 6.07) is 0. The molecule has 0 N–H and O–H groups in total. The van der Waals surface area contributed by atoms with Crippen molar-refractivity contribution in [3.8, 4) is 0 Å². The van der Waals surface area contributed by atoms with Gasteiger partial charge >= 0.3 is 0 Å². The van der Waals surface area contributed by atoms with Gasteiger partial charge in [0, 0.05) is 0 Å². The van der Waals surface area contributed by atoms with E-state index in [9.17, 15) is 0 Å². The summed E-state index contributed by atoms with van der Waals surface area (Å²) in [5.74, 6) is 4.80. The average molecular weight is 365 g/mol. The van der Waals surface area contributed by atoms with Gasteiger partial charge in [-0.15, -0.1) is 0 Å². The summed E-state index contributed by atoms with van der Waals surface area (Å²) in [7, 11) is 0. The summed E-state index contributed by atoms with van der Waals surface area (Å²) in [6.45, 7) is 17.1. The molecule has 1 aliphatic carbocycles. The molecule has 0 saturated heterocycles. The molecule has 0 heteroatoms. The molecular formula is C26H52. The molecule has 0 aromatic rings. The zero-order valence-electron chi connectivity index (χ0n) is 19.6. The molecule has 26 heavy (non-hydrogen) atoms. The molecule has 0 aromatic heterocycles. The molecular weight excluding hydrogens is 312 g/mol. The molecule has 0 spiro atoms. The van der Waals surface area contributed by atoms with Crippen LogP contribution in [0.4, 0.5) is 0 Å². The van der Waals surface area contributed by atoms with Gasteiger partial charge in [-0.25, -0.2) is 0 Å². The SMILES string of the molecule is CCCC(C)CCCC(CC)C(C)CCC(CC)C1(CCC)CC(C)C1. The van der Waals surface area contributed by atoms with Crippen molar-refractivity contribution in [2.45, 2.75) is 132 Å². The quantitative estimate of drug-likeness (QED) is 0.271. The van der Waals surface area contributed by atoms with Crippen molar-refractivity contribution in [1.29, 1.82) is 0 Å². The van der Waals surface area contributed by atoms with E-state index < -0.39 is 0 Å². The minimum Gasteiger partial charge on any atom is -0.0654 e. The highest BCUT2D eigenvalue weighted by molar-refractivity contribution is 4.96. The Labute approximate surface area is 167 Å². The largest absolute Gasteiger partial charge is 0.0654 e. The maximum atomic E-state index is 2.56. The third-order valence-corrected chi connectivity index (χ3v) is 7.97. The Kier molecular flexibility index (Phi) is 11.5. The lowest BCUT2D eigenvalue weighted by Crippen LogP contribution is -2.42. The average Bonchev–Trinajstić information content (AvgIpc) is 2.58. The van der Waals surface area contributed by atoms with E-state index in [1.807, 2.05) is 0 Å². The van der Waals surface area contributed by atoms with Gasteiger partial charge in [-0.05, 0) is 60.7 Å². The zero-order valence-corrected chi connectivity index (χ0v) is 19.6. The first-order chi connectivity index (χ1) is 12.4. The van der Waals surface area contributed by atoms with Crippen LogP contribution in [0, 0.1) is 35.0 Å². The van der Waals surface area contributed by atoms with Gasteiger partial charge in [0.05, 0.1) is 0 Å². The molecule has 1 rings (SSSR count). The fraction of sp³-hybridized carbons (Fsp3) is 1.00. The molecule has 0 aromatic carbocycles. The standard InChI is InChI=1S/C26H52/c1-8-13-21(5)14-12-15-24(10-3)23(7)16-17-25(11-4)26(18-9-2)19-22(6)20-26/h21-25H,8-20H2,1-7H3. The molecule has 4 atom stereocenters. The predicted octanol–water partition coefficient (Wildman–Crippen LogP) is 9.28. The van der Waals surface area contributed by atoms with Crippen LogP contribution in [-0.2, 0) is 0 Å². The van der Waals surface area contributed by atoms with Crippen LogP contribution in [0.1, 0.15) is 132 Å². The summed E-state index contributed by atoms with van der Waals surface area (Å²) in [5, 5.41) is 0. The van der Waals surface area contributed by atoms with Crippen LogP contribution in [0.15, 0.2) is 0 Å². The fourth-order valence-electron chi connectivity index (χ4n) is 6.47. The third kappa shape index (κ3) is 7.20. The summed E-state index contributed by atoms with van der Waals surface area (Å²) in [6.07, 6.45) is 18.8. The Bertz CT molecular complexity index is 332. The first kappa shape index (κ1) is 24.0. The summed E-state index contributed by atoms with van der Waals surface area (Å²) >= 11 is 0. The van der Waals surface area contributed by atoms with E-state index in [0.29, 0.717) is 0 Å². The molecule has 0 heterocycles. The molecule has 0 bridgehead atoms. The van der Waals surface area contributed by atoms with Crippen LogP contribution in [0.5, 0.6) is 0 Å². The van der Waals surface area contributed by atoms with Crippen LogP contribution in [0.3, 0.4) is 0 Å². The van der Waals surface area contributed by atoms with E-state index in [1.165, 1.54) is 83.5 Å². The number of hydrogen-bond donors (Lipinski definition) is 0. The summed E-state index contributed by atoms with van der Waals surface area (Å²) < 4.78 is 0. The molecule has 156 valence electrons. The van der Waals surface area contributed by atoms with Gasteiger partial charge in [0.25, 0.3) is 0 Å². The lowest BCUT2D eigenvalue weighted by molar-refractivity contribution is -0.0191. The Morgan fingerprint density at radius 2 is 1.50 bits per heavy atom. The molecule has 1 aliphatic rings. The van der Waals surface area contributed by atoms with Crippen molar-refractivity contribution in [3.63, 3.8) is 0 Å². The van der Waals surface area contributed by atoms with Gasteiger partial charge in [0.15, 0.2) is 0 Å². The maximum Gasteiger partial charge on any atom is -0.0264 e. The molecule has 1 saturated carbocycles. The summed E-state index contributed by atoms with van der Waals surface area (Å²) in [5.41, 5.74) is 0.722. The molecule has 0 aliphatic heterocycles. The fourth-order valence-corrected chi connectivity index (χ4v) is 6.47. The highest BCUT2D eigenvalue weighted by Crippen LogP contribution is 2.56. The summed E-state index contributed by atoms with van der Waals surface area (Å²) in [4.78, 5) is 0. The highest BCUT2D eigenvalue weighted by atomic mass is 14.5. The normalized spacial score (nSPS) is 27.6. The van der Waals surface area contributed by atoms with Crippen molar-refractivity contribution < 1.29 is 0 Å². The van der Waals surface area contributed by atoms with E-state index in [2.05, 4.69) is 48.5 Å². The number of rotatable bonds is 15. The van der Waals surface area contributed by atoms with Crippen LogP contribution in [-0.4, -0.2) is 0 Å².